The minimum Gasteiger partial charge on any atom is -0.498 e. The van der Waals surface area contributed by atoms with Crippen molar-refractivity contribution in [2.75, 3.05) is 13.2 Å². The van der Waals surface area contributed by atoms with Crippen molar-refractivity contribution in [2.45, 2.75) is 115 Å². The minimum absolute atomic E-state index is 0.0320. The van der Waals surface area contributed by atoms with Crippen LogP contribution in [-0.2, 0) is 76.2 Å². The molecule has 5 heterocycles. The van der Waals surface area contributed by atoms with Crippen LogP contribution in [0.5, 0.6) is 0 Å². The van der Waals surface area contributed by atoms with E-state index in [2.05, 4.69) is 42.4 Å². The second-order valence-electron chi connectivity index (χ2n) is 16.2. The molecule has 0 amide bonds. The van der Waals surface area contributed by atoms with Crippen LogP contribution in [0.3, 0.4) is 0 Å². The first-order chi connectivity index (χ1) is 28.2. The summed E-state index contributed by atoms with van der Waals surface area (Å²) >= 11 is 0. The Hall–Kier alpha value is -5.58. The number of hydrogen-bond acceptors (Lipinski definition) is 17. The first-order valence-corrected chi connectivity index (χ1v) is 19.8. The Morgan fingerprint density at radius 1 is 0.700 bits per heavy atom. The number of fused-ring (bicyclic) bond motifs is 6. The van der Waals surface area contributed by atoms with E-state index in [0.717, 1.165) is 25.0 Å². The number of hydrogen-bond donors (Lipinski definition) is 0. The molecule has 8 fully saturated rings. The Balaban J connectivity index is 0.000000155. The highest BCUT2D eigenvalue weighted by atomic mass is 16.8. The molecular formula is C43H52O17. The quantitative estimate of drug-likeness (QED) is 0.144. The first kappa shape index (κ1) is 45.5. The molecule has 0 spiro atoms. The van der Waals surface area contributed by atoms with Crippen molar-refractivity contribution in [3.05, 3.63) is 60.9 Å². The van der Waals surface area contributed by atoms with Crippen molar-refractivity contribution in [3.63, 3.8) is 0 Å². The molecular weight excluding hydrogens is 788 g/mol. The zero-order valence-corrected chi connectivity index (χ0v) is 34.3. The summed E-state index contributed by atoms with van der Waals surface area (Å²) < 4.78 is 45.9. The van der Waals surface area contributed by atoms with Gasteiger partial charge in [0.2, 0.25) is 0 Å². The van der Waals surface area contributed by atoms with E-state index in [1.165, 1.54) is 6.92 Å². The summed E-state index contributed by atoms with van der Waals surface area (Å²) in [7, 11) is 0. The van der Waals surface area contributed by atoms with Gasteiger partial charge in [0, 0.05) is 52.9 Å². The van der Waals surface area contributed by atoms with Crippen molar-refractivity contribution >= 4 is 47.8 Å². The van der Waals surface area contributed by atoms with Crippen molar-refractivity contribution in [2.24, 2.45) is 29.6 Å². The number of cyclic esters (lactones) is 1. The molecule has 0 aromatic heterocycles. The summed E-state index contributed by atoms with van der Waals surface area (Å²) in [6.07, 6.45) is 1.50. The Labute approximate surface area is 347 Å². The number of rotatable bonds is 8. The van der Waals surface area contributed by atoms with E-state index >= 15 is 0 Å². The predicted molar refractivity (Wildman–Crippen MR) is 205 cm³/mol. The molecule has 0 radical (unpaired) electrons. The van der Waals surface area contributed by atoms with Crippen LogP contribution in [0.2, 0.25) is 0 Å². The lowest BCUT2D eigenvalue weighted by atomic mass is 9.79. The fourth-order valence-corrected chi connectivity index (χ4v) is 8.38. The van der Waals surface area contributed by atoms with Gasteiger partial charge in [-0.1, -0.05) is 32.9 Å². The molecule has 3 aliphatic carbocycles. The van der Waals surface area contributed by atoms with E-state index in [4.69, 9.17) is 33.2 Å². The van der Waals surface area contributed by atoms with Crippen LogP contribution in [0.4, 0.5) is 4.79 Å². The lowest BCUT2D eigenvalue weighted by Crippen LogP contribution is -2.38. The summed E-state index contributed by atoms with van der Waals surface area (Å²) in [4.78, 5) is 89.2. The van der Waals surface area contributed by atoms with Crippen LogP contribution >= 0.6 is 0 Å². The molecule has 5 aliphatic heterocycles. The zero-order valence-electron chi connectivity index (χ0n) is 34.3. The number of ether oxygens (including phenoxy) is 9. The molecule has 17 nitrogen and oxygen atoms in total. The maximum Gasteiger partial charge on any atom is 0.516 e. The average Bonchev–Trinajstić information content (AvgIpc) is 4.05. The van der Waals surface area contributed by atoms with Crippen LogP contribution in [-0.4, -0.2) is 104 Å². The van der Waals surface area contributed by atoms with Crippen LogP contribution in [0.1, 0.15) is 72.6 Å². The molecule has 12 unspecified atom stereocenters. The molecule has 60 heavy (non-hydrogen) atoms. The second-order valence-corrected chi connectivity index (χ2v) is 16.2. The lowest BCUT2D eigenvalue weighted by molar-refractivity contribution is -0.149. The third kappa shape index (κ3) is 10.6. The monoisotopic (exact) mass is 840 g/mol. The van der Waals surface area contributed by atoms with Gasteiger partial charge < -0.3 is 42.6 Å². The summed E-state index contributed by atoms with van der Waals surface area (Å²) in [5, 5.41) is 0. The highest BCUT2D eigenvalue weighted by Crippen LogP contribution is 2.55. The number of Topliss-reactive ketones (excluding diaryl/α,β-unsaturated/α-hetero) is 1. The smallest absolute Gasteiger partial charge is 0.498 e. The molecule has 12 atom stereocenters. The van der Waals surface area contributed by atoms with Gasteiger partial charge >= 0.3 is 42.0 Å². The average molecular weight is 841 g/mol. The number of carbonyl (C=O) groups is 8. The zero-order chi connectivity index (χ0) is 44.2. The topological polar surface area (TPSA) is 220 Å². The Morgan fingerprint density at radius 3 is 1.92 bits per heavy atom. The molecule has 8 aliphatic rings. The molecule has 4 bridgehead atoms. The van der Waals surface area contributed by atoms with Gasteiger partial charge in [-0.25, -0.2) is 24.0 Å². The van der Waals surface area contributed by atoms with Crippen LogP contribution < -0.4 is 0 Å². The third-order valence-corrected chi connectivity index (χ3v) is 11.4. The van der Waals surface area contributed by atoms with Gasteiger partial charge in [-0.2, -0.15) is 0 Å². The summed E-state index contributed by atoms with van der Waals surface area (Å²) in [5.41, 5.74) is 1.21. The molecule has 0 N–H and O–H groups in total. The lowest BCUT2D eigenvalue weighted by Gasteiger charge is -2.26. The van der Waals surface area contributed by atoms with Crippen LogP contribution in [0.25, 0.3) is 0 Å². The molecule has 326 valence electrons. The maximum absolute atomic E-state index is 11.5. The van der Waals surface area contributed by atoms with Crippen LogP contribution in [0.15, 0.2) is 60.9 Å². The van der Waals surface area contributed by atoms with Gasteiger partial charge in [0.15, 0.2) is 11.9 Å². The molecule has 17 heteroatoms. The van der Waals surface area contributed by atoms with Crippen LogP contribution in [0, 0.1) is 29.6 Å². The number of ketones is 1. The number of carbonyl (C=O) groups excluding carboxylic acids is 8. The van der Waals surface area contributed by atoms with Crippen molar-refractivity contribution in [1.29, 1.82) is 0 Å². The molecule has 5 saturated heterocycles. The summed E-state index contributed by atoms with van der Waals surface area (Å²) in [6, 6.07) is 0. The fraction of sp³-hybridized carbons (Fsp3) is 0.581. The van der Waals surface area contributed by atoms with Gasteiger partial charge in [0.1, 0.15) is 37.1 Å². The largest absolute Gasteiger partial charge is 0.516 e. The minimum atomic E-state index is -1.05. The predicted octanol–water partition coefficient (Wildman–Crippen LogP) is 4.26. The van der Waals surface area contributed by atoms with Gasteiger partial charge in [0.05, 0.1) is 36.7 Å². The Kier molecular flexibility index (Phi) is 14.6. The Bertz CT molecular complexity index is 1860. The second kappa shape index (κ2) is 19.2. The SMILES string of the molecule is C=C(C)C(=O)OC(=O)OC1C2CC3C(=O)OC1C3C2.C=C(C)C(=O)OC1CC2OC1C1C(=C)OCC21.C=C(C)C(=O)OC1CCCC1=O.C=C(C)C(=O)OC1COC(=O)C1. The van der Waals surface area contributed by atoms with Crippen molar-refractivity contribution in [1.82, 2.24) is 0 Å². The van der Waals surface area contributed by atoms with E-state index in [0.29, 0.717) is 48.5 Å². The molecule has 0 aromatic rings. The fourth-order valence-electron chi connectivity index (χ4n) is 8.38. The van der Waals surface area contributed by atoms with E-state index < -0.39 is 42.4 Å². The van der Waals surface area contributed by atoms with E-state index in [1.807, 2.05) is 0 Å². The Morgan fingerprint density at radius 2 is 1.33 bits per heavy atom. The third-order valence-electron chi connectivity index (χ3n) is 11.4. The van der Waals surface area contributed by atoms with Gasteiger partial charge in [-0.3, -0.25) is 14.4 Å². The number of esters is 6. The van der Waals surface area contributed by atoms with Gasteiger partial charge in [-0.15, -0.1) is 0 Å². The summed E-state index contributed by atoms with van der Waals surface area (Å²) in [6.45, 7) is 24.8. The molecule has 3 saturated carbocycles. The highest BCUT2D eigenvalue weighted by Gasteiger charge is 2.63. The van der Waals surface area contributed by atoms with Crippen molar-refractivity contribution < 1.29 is 81.0 Å². The summed E-state index contributed by atoms with van der Waals surface area (Å²) in [5.74, 6) is -0.985. The highest BCUT2D eigenvalue weighted by molar-refractivity contribution is 5.94. The van der Waals surface area contributed by atoms with E-state index in [1.54, 1.807) is 20.8 Å². The van der Waals surface area contributed by atoms with Gasteiger partial charge in [-0.05, 0) is 53.4 Å². The first-order valence-electron chi connectivity index (χ1n) is 19.8. The molecule has 0 aromatic carbocycles. The maximum atomic E-state index is 11.5. The van der Waals surface area contributed by atoms with E-state index in [-0.39, 0.29) is 90.4 Å². The van der Waals surface area contributed by atoms with E-state index in [9.17, 15) is 38.4 Å². The van der Waals surface area contributed by atoms with Crippen molar-refractivity contribution in [3.8, 4) is 0 Å². The normalized spacial score (nSPS) is 32.8. The van der Waals surface area contributed by atoms with Gasteiger partial charge in [0.25, 0.3) is 0 Å². The molecule has 8 rings (SSSR count). The standard InChI is InChI=1S/C13H14O6.C13H16O4.C9H12O3.C8H10O4/c1-5(2)11(14)19-13(16)18-9-6-3-7-8(4-6)12(15)17-10(7)9;1-6(2)13(14)17-10-4-9-8-5-15-7(3)11(8)12(10)16-9;1-6(2)9(11)12-8-5-3-4-7(8)10;1-5(2)8(10)12-6-3-7(9)11-4-6/h6-10H,1,3-4H2,2H3;8-12H,1,3-5H2,2H3;8H,1,3-5H2,2H3;6H,1,3-4H2,2H3.